The molecule has 14 heavy (non-hydrogen) atoms. The Morgan fingerprint density at radius 1 is 1.57 bits per heavy atom. The molecule has 2 atom stereocenters. The average Bonchev–Trinajstić information content (AvgIpc) is 2.15. The normalized spacial score (nSPS) is 15.1. The van der Waals surface area contributed by atoms with Crippen LogP contribution in [0, 0.1) is 0 Å². The highest BCUT2D eigenvalue weighted by molar-refractivity contribution is 7.80. The van der Waals surface area contributed by atoms with E-state index in [4.69, 9.17) is 17.3 Å². The molecular weight excluding hydrogens is 224 g/mol. The van der Waals surface area contributed by atoms with Crippen LogP contribution in [0.1, 0.15) is 11.7 Å². The van der Waals surface area contributed by atoms with Gasteiger partial charge in [-0.2, -0.15) is 12.6 Å². The van der Waals surface area contributed by atoms with Crippen LogP contribution in [0.5, 0.6) is 0 Å². The lowest BCUT2D eigenvalue weighted by Gasteiger charge is -2.17. The molecule has 4 N–H and O–H groups in total. The van der Waals surface area contributed by atoms with Gasteiger partial charge in [0.2, 0.25) is 0 Å². The van der Waals surface area contributed by atoms with Crippen molar-refractivity contribution in [3.05, 3.63) is 23.0 Å². The average molecular weight is 235 g/mol. The zero-order valence-corrected chi connectivity index (χ0v) is 8.91. The van der Waals surface area contributed by atoms with Gasteiger partial charge in [0.15, 0.2) is 0 Å². The Morgan fingerprint density at radius 3 is 2.71 bits per heavy atom. The molecule has 0 radical (unpaired) electrons. The van der Waals surface area contributed by atoms with Gasteiger partial charge < -0.3 is 15.9 Å². The fraction of sp³-hybridized carbons (Fsp3) is 0.375. The fourth-order valence-electron chi connectivity index (χ4n) is 1.01. The molecule has 6 heteroatoms. The van der Waals surface area contributed by atoms with Gasteiger partial charge in [-0.1, -0.05) is 11.6 Å². The summed E-state index contributed by atoms with van der Waals surface area (Å²) < 4.78 is 0. The molecule has 0 aliphatic rings. The Kier molecular flexibility index (Phi) is 4.00. The number of pyridine rings is 1. The van der Waals surface area contributed by atoms with E-state index in [1.807, 2.05) is 0 Å². The van der Waals surface area contributed by atoms with Crippen LogP contribution < -0.4 is 5.73 Å². The number of aliphatic hydroxyl groups is 2. The number of hydrogen-bond donors (Lipinski definition) is 4. The van der Waals surface area contributed by atoms with Gasteiger partial charge in [0, 0.05) is 23.2 Å². The number of nitrogens with two attached hydrogens (primary N) is 1. The maximum absolute atomic E-state index is 9.60. The second-order valence-corrected chi connectivity index (χ2v) is 3.58. The van der Waals surface area contributed by atoms with E-state index >= 15 is 0 Å². The fourth-order valence-corrected chi connectivity index (χ4v) is 1.37. The smallest absolute Gasteiger partial charge is 0.131 e. The highest BCUT2D eigenvalue weighted by atomic mass is 35.5. The summed E-state index contributed by atoms with van der Waals surface area (Å²) in [6.07, 6.45) is -0.712. The molecule has 1 aromatic heterocycles. The molecule has 0 saturated carbocycles. The third-order valence-corrected chi connectivity index (χ3v) is 2.39. The van der Waals surface area contributed by atoms with Gasteiger partial charge in [0.05, 0.1) is 6.10 Å². The van der Waals surface area contributed by atoms with Gasteiger partial charge in [0.1, 0.15) is 11.3 Å². The highest BCUT2D eigenvalue weighted by Crippen LogP contribution is 2.24. The van der Waals surface area contributed by atoms with Crippen molar-refractivity contribution in [1.29, 1.82) is 0 Å². The first-order chi connectivity index (χ1) is 6.56. The molecule has 0 aliphatic carbocycles. The van der Waals surface area contributed by atoms with Crippen molar-refractivity contribution in [2.75, 3.05) is 11.5 Å². The van der Waals surface area contributed by atoms with Crippen LogP contribution in [-0.4, -0.2) is 27.1 Å². The summed E-state index contributed by atoms with van der Waals surface area (Å²) in [5, 5.41) is 19.2. The van der Waals surface area contributed by atoms with Crippen LogP contribution >= 0.6 is 24.2 Å². The Labute approximate surface area is 92.1 Å². The molecule has 0 saturated heterocycles. The van der Waals surface area contributed by atoms with E-state index in [1.54, 1.807) is 0 Å². The van der Waals surface area contributed by atoms with E-state index < -0.39 is 12.2 Å². The molecule has 1 heterocycles. The summed E-state index contributed by atoms with van der Waals surface area (Å²) >= 11 is 9.45. The summed E-state index contributed by atoms with van der Waals surface area (Å²) in [6.45, 7) is 0. The van der Waals surface area contributed by atoms with Gasteiger partial charge in [-0.3, -0.25) is 0 Å². The number of hydrogen-bond acceptors (Lipinski definition) is 5. The van der Waals surface area contributed by atoms with Gasteiger partial charge in [-0.25, -0.2) is 4.98 Å². The Hall–Kier alpha value is -0.490. The van der Waals surface area contributed by atoms with Crippen LogP contribution in [0.3, 0.4) is 0 Å². The van der Waals surface area contributed by atoms with E-state index in [0.29, 0.717) is 11.3 Å². The number of halogens is 1. The highest BCUT2D eigenvalue weighted by Gasteiger charge is 2.19. The Morgan fingerprint density at radius 2 is 2.21 bits per heavy atom. The summed E-state index contributed by atoms with van der Waals surface area (Å²) in [5.41, 5.74) is 6.26. The van der Waals surface area contributed by atoms with Crippen LogP contribution in [0.15, 0.2) is 12.3 Å². The number of nitrogen functional groups attached to an aromatic ring is 1. The molecule has 4 nitrogen and oxygen atoms in total. The van der Waals surface area contributed by atoms with Crippen molar-refractivity contribution in [2.24, 2.45) is 0 Å². The van der Waals surface area contributed by atoms with Crippen LogP contribution in [0.25, 0.3) is 0 Å². The van der Waals surface area contributed by atoms with E-state index in [2.05, 4.69) is 17.6 Å². The lowest BCUT2D eigenvalue weighted by atomic mass is 10.1. The molecule has 1 aromatic rings. The SMILES string of the molecule is Nc1cc(Cl)ncc1C(O)C(O)CS. The molecule has 2 unspecified atom stereocenters. The molecule has 0 fully saturated rings. The van der Waals surface area contributed by atoms with E-state index in [0.717, 1.165) is 0 Å². The summed E-state index contributed by atoms with van der Waals surface area (Å²) in [6, 6.07) is 1.42. The molecule has 0 amide bonds. The summed E-state index contributed by atoms with van der Waals surface area (Å²) in [4.78, 5) is 3.77. The zero-order chi connectivity index (χ0) is 10.7. The second-order valence-electron chi connectivity index (χ2n) is 2.83. The van der Waals surface area contributed by atoms with Crippen molar-refractivity contribution in [2.45, 2.75) is 12.2 Å². The zero-order valence-electron chi connectivity index (χ0n) is 7.26. The van der Waals surface area contributed by atoms with Crippen LogP contribution in [0.2, 0.25) is 5.15 Å². The third-order valence-electron chi connectivity index (χ3n) is 1.81. The summed E-state index contributed by atoms with van der Waals surface area (Å²) in [7, 11) is 0. The number of aliphatic hydroxyl groups excluding tert-OH is 2. The molecule has 1 rings (SSSR count). The second kappa shape index (κ2) is 4.84. The first-order valence-corrected chi connectivity index (χ1v) is 4.95. The first-order valence-electron chi connectivity index (χ1n) is 3.94. The van der Waals surface area contributed by atoms with Crippen molar-refractivity contribution < 1.29 is 10.2 Å². The molecule has 0 aliphatic heterocycles. The van der Waals surface area contributed by atoms with Crippen molar-refractivity contribution in [3.63, 3.8) is 0 Å². The van der Waals surface area contributed by atoms with Crippen molar-refractivity contribution >= 4 is 29.9 Å². The number of thiol groups is 1. The Bertz CT molecular complexity index is 324. The molecule has 0 aromatic carbocycles. The van der Waals surface area contributed by atoms with Gasteiger partial charge >= 0.3 is 0 Å². The number of nitrogens with zero attached hydrogens (tertiary/aromatic N) is 1. The topological polar surface area (TPSA) is 79.4 Å². The van der Waals surface area contributed by atoms with Crippen LogP contribution in [0.4, 0.5) is 5.69 Å². The van der Waals surface area contributed by atoms with E-state index in [9.17, 15) is 10.2 Å². The minimum Gasteiger partial charge on any atom is -0.398 e. The first kappa shape index (κ1) is 11.6. The quantitative estimate of drug-likeness (QED) is 0.457. The molecule has 0 spiro atoms. The molecular formula is C8H11ClN2O2S. The van der Waals surface area contributed by atoms with E-state index in [1.165, 1.54) is 12.3 Å². The van der Waals surface area contributed by atoms with Gasteiger partial charge in [-0.05, 0) is 6.07 Å². The van der Waals surface area contributed by atoms with Crippen molar-refractivity contribution in [3.8, 4) is 0 Å². The van der Waals surface area contributed by atoms with E-state index in [-0.39, 0.29) is 10.9 Å². The largest absolute Gasteiger partial charge is 0.398 e. The maximum Gasteiger partial charge on any atom is 0.131 e. The predicted octanol–water partition coefficient (Wildman–Crippen LogP) is 0.641. The minimum atomic E-state index is -1.09. The monoisotopic (exact) mass is 234 g/mol. The predicted molar refractivity (Wildman–Crippen MR) is 58.5 cm³/mol. The number of rotatable bonds is 3. The molecule has 0 bridgehead atoms. The standard InChI is InChI=1S/C8H11ClN2O2S/c9-7-1-5(10)4(2-11-7)8(13)6(12)3-14/h1-2,6,8,12-14H,3H2,(H2,10,11). The van der Waals surface area contributed by atoms with Gasteiger partial charge in [-0.15, -0.1) is 0 Å². The van der Waals surface area contributed by atoms with Crippen molar-refractivity contribution in [1.82, 2.24) is 4.98 Å². The van der Waals surface area contributed by atoms with Crippen LogP contribution in [-0.2, 0) is 0 Å². The lowest BCUT2D eigenvalue weighted by Crippen LogP contribution is -2.21. The molecule has 78 valence electrons. The maximum atomic E-state index is 9.60. The number of anilines is 1. The van der Waals surface area contributed by atoms with Gasteiger partial charge in [0.25, 0.3) is 0 Å². The third kappa shape index (κ3) is 2.51. The number of aromatic nitrogens is 1. The lowest BCUT2D eigenvalue weighted by molar-refractivity contribution is 0.0340. The summed E-state index contributed by atoms with van der Waals surface area (Å²) in [5.74, 6) is 0.142. The minimum absolute atomic E-state index is 0.142. The Balaban J connectivity index is 2.95.